The second kappa shape index (κ2) is 9.10. The van der Waals surface area contributed by atoms with Crippen LogP contribution in [0, 0.1) is 5.92 Å². The Balaban J connectivity index is 1.32. The summed E-state index contributed by atoms with van der Waals surface area (Å²) in [5, 5.41) is 0.631. The number of rotatable bonds is 4. The van der Waals surface area contributed by atoms with Gasteiger partial charge in [0.05, 0.1) is 16.8 Å². The fourth-order valence-corrected chi connectivity index (χ4v) is 6.90. The molecule has 2 amide bonds. The van der Waals surface area contributed by atoms with Crippen molar-refractivity contribution < 1.29 is 14.3 Å². The largest absolute Gasteiger partial charge is 0.479 e. The monoisotopic (exact) mass is 509 g/mol. The highest BCUT2D eigenvalue weighted by Crippen LogP contribution is 2.45. The lowest BCUT2D eigenvalue weighted by Crippen LogP contribution is -2.43. The number of fused-ring (bicyclic) bond motifs is 2. The van der Waals surface area contributed by atoms with Crippen LogP contribution in [0.3, 0.4) is 0 Å². The normalized spacial score (nSPS) is 22.1. The van der Waals surface area contributed by atoms with Crippen LogP contribution in [0.25, 0.3) is 21.3 Å². The quantitative estimate of drug-likeness (QED) is 0.478. The van der Waals surface area contributed by atoms with Crippen LogP contribution in [0.5, 0.6) is 5.75 Å². The summed E-state index contributed by atoms with van der Waals surface area (Å²) < 4.78 is 7.38. The second-order valence-electron chi connectivity index (χ2n) is 9.87. The van der Waals surface area contributed by atoms with Crippen molar-refractivity contribution in [2.45, 2.75) is 51.7 Å². The maximum Gasteiger partial charge on any atom is 0.263 e. The van der Waals surface area contributed by atoms with Crippen molar-refractivity contribution in [1.82, 2.24) is 14.8 Å². The second-order valence-corrected chi connectivity index (χ2v) is 11.4. The first-order valence-electron chi connectivity index (χ1n) is 12.4. The van der Waals surface area contributed by atoms with Gasteiger partial charge in [-0.1, -0.05) is 18.5 Å². The zero-order valence-electron chi connectivity index (χ0n) is 19.8. The van der Waals surface area contributed by atoms with Gasteiger partial charge >= 0.3 is 0 Å². The number of carbonyl (C=O) groups is 2. The number of hydrogen-bond acceptors (Lipinski definition) is 5. The third-order valence-corrected chi connectivity index (χ3v) is 8.76. The number of nitrogens with zero attached hydrogens (tertiary/aromatic N) is 3. The van der Waals surface area contributed by atoms with Crippen molar-refractivity contribution in [3.05, 3.63) is 45.9 Å². The lowest BCUT2D eigenvalue weighted by Gasteiger charge is -2.28. The standard InChI is InChI=1S/C27H28ClN3O3S/c1-16-6-10-31(26(16)32)15-19-14-22-25(35-19)20(5-7-29-22)21-13-18(28)11-17-12-23(34-24(17)21)27(33)30-8-3-2-4-9-30/h5,7,11,13-14,16,23H,2-4,6,8-10,12,15H2,1H3. The van der Waals surface area contributed by atoms with Gasteiger partial charge in [0.15, 0.2) is 6.10 Å². The van der Waals surface area contributed by atoms with Crippen LogP contribution in [0.2, 0.25) is 5.02 Å². The van der Waals surface area contributed by atoms with E-state index in [0.29, 0.717) is 18.0 Å². The fraction of sp³-hybridized carbons (Fsp3) is 0.444. The Morgan fingerprint density at radius 1 is 1.17 bits per heavy atom. The lowest BCUT2D eigenvalue weighted by atomic mass is 10.0. The molecule has 3 aromatic rings. The average Bonchev–Trinajstić information content (AvgIpc) is 3.56. The predicted octanol–water partition coefficient (Wildman–Crippen LogP) is 5.30. The summed E-state index contributed by atoms with van der Waals surface area (Å²) in [7, 11) is 0. The van der Waals surface area contributed by atoms with Crippen LogP contribution >= 0.6 is 22.9 Å². The molecular formula is C27H28ClN3O3S. The summed E-state index contributed by atoms with van der Waals surface area (Å²) in [6, 6.07) is 7.91. The van der Waals surface area contributed by atoms with E-state index in [1.165, 1.54) is 6.42 Å². The van der Waals surface area contributed by atoms with Gasteiger partial charge in [-0.15, -0.1) is 11.3 Å². The molecule has 3 aliphatic rings. The predicted molar refractivity (Wildman–Crippen MR) is 138 cm³/mol. The number of thiophene rings is 1. The van der Waals surface area contributed by atoms with E-state index < -0.39 is 6.10 Å². The number of hydrogen-bond donors (Lipinski definition) is 0. The molecule has 0 spiro atoms. The number of benzene rings is 1. The molecule has 1 aromatic carbocycles. The molecule has 3 aliphatic heterocycles. The zero-order valence-corrected chi connectivity index (χ0v) is 21.3. The molecule has 0 N–H and O–H groups in total. The SMILES string of the molecule is CC1CCN(Cc2cc3nccc(-c4cc(Cl)cc5c4OC(C(=O)N4CCCCC4)C5)c3s2)C1=O. The number of carbonyl (C=O) groups excluding carboxylic acids is 2. The van der Waals surface area contributed by atoms with Crippen LogP contribution in [0.15, 0.2) is 30.5 Å². The Bertz CT molecular complexity index is 1320. The fourth-order valence-electron chi connectivity index (χ4n) is 5.50. The molecule has 6 nitrogen and oxygen atoms in total. The topological polar surface area (TPSA) is 62.7 Å². The van der Waals surface area contributed by atoms with Gasteiger partial charge in [0.2, 0.25) is 5.91 Å². The van der Waals surface area contributed by atoms with Gasteiger partial charge in [0, 0.05) is 64.8 Å². The third-order valence-electron chi connectivity index (χ3n) is 7.40. The maximum atomic E-state index is 13.2. The highest BCUT2D eigenvalue weighted by Gasteiger charge is 2.35. The lowest BCUT2D eigenvalue weighted by molar-refractivity contribution is -0.138. The van der Waals surface area contributed by atoms with E-state index >= 15 is 0 Å². The molecule has 2 unspecified atom stereocenters. The van der Waals surface area contributed by atoms with E-state index in [-0.39, 0.29) is 17.7 Å². The molecule has 2 fully saturated rings. The molecule has 0 saturated carbocycles. The van der Waals surface area contributed by atoms with Gasteiger partial charge in [-0.2, -0.15) is 0 Å². The molecule has 0 radical (unpaired) electrons. The first-order chi connectivity index (χ1) is 17.0. The summed E-state index contributed by atoms with van der Waals surface area (Å²) in [6.07, 6.45) is 6.05. The number of ether oxygens (including phenoxy) is 1. The molecule has 0 bridgehead atoms. The molecule has 5 heterocycles. The average molecular weight is 510 g/mol. The molecule has 6 rings (SSSR count). The van der Waals surface area contributed by atoms with Crippen LogP contribution in [0.4, 0.5) is 0 Å². The van der Waals surface area contributed by atoms with Crippen LogP contribution in [-0.2, 0) is 22.6 Å². The number of halogens is 1. The minimum atomic E-state index is -0.500. The molecule has 35 heavy (non-hydrogen) atoms. The minimum Gasteiger partial charge on any atom is -0.479 e. The number of likely N-dealkylation sites (tertiary alicyclic amines) is 2. The summed E-state index contributed by atoms with van der Waals surface area (Å²) in [5.74, 6) is 1.15. The molecule has 2 aromatic heterocycles. The molecule has 2 saturated heterocycles. The van der Waals surface area contributed by atoms with E-state index in [2.05, 4.69) is 11.1 Å². The summed E-state index contributed by atoms with van der Waals surface area (Å²) >= 11 is 8.21. The molecule has 2 atom stereocenters. The summed E-state index contributed by atoms with van der Waals surface area (Å²) in [5.41, 5.74) is 3.77. The van der Waals surface area contributed by atoms with Crippen molar-refractivity contribution in [2.24, 2.45) is 5.92 Å². The Hall–Kier alpha value is -2.64. The molecule has 8 heteroatoms. The number of amides is 2. The van der Waals surface area contributed by atoms with Gasteiger partial charge in [0.25, 0.3) is 5.91 Å². The Morgan fingerprint density at radius 3 is 2.77 bits per heavy atom. The maximum absolute atomic E-state index is 13.2. The Labute approximate surface area is 213 Å². The first-order valence-corrected chi connectivity index (χ1v) is 13.6. The van der Waals surface area contributed by atoms with Crippen LogP contribution in [-0.4, -0.2) is 52.3 Å². The van der Waals surface area contributed by atoms with E-state index in [0.717, 1.165) is 76.4 Å². The van der Waals surface area contributed by atoms with Gasteiger partial charge in [-0.25, -0.2) is 0 Å². The van der Waals surface area contributed by atoms with Crippen LogP contribution in [0.1, 0.15) is 43.0 Å². The first kappa shape index (κ1) is 22.8. The third kappa shape index (κ3) is 4.19. The van der Waals surface area contributed by atoms with Crippen molar-refractivity contribution in [3.63, 3.8) is 0 Å². The van der Waals surface area contributed by atoms with Crippen molar-refractivity contribution in [1.29, 1.82) is 0 Å². The zero-order chi connectivity index (χ0) is 24.1. The molecule has 0 aliphatic carbocycles. The van der Waals surface area contributed by atoms with Crippen molar-refractivity contribution in [2.75, 3.05) is 19.6 Å². The Kier molecular flexibility index (Phi) is 5.93. The summed E-state index contributed by atoms with van der Waals surface area (Å²) in [4.78, 5) is 35.2. The van der Waals surface area contributed by atoms with Gasteiger partial charge in [-0.05, 0) is 49.9 Å². The van der Waals surface area contributed by atoms with E-state index in [9.17, 15) is 9.59 Å². The molecular weight excluding hydrogens is 482 g/mol. The Morgan fingerprint density at radius 2 is 2.00 bits per heavy atom. The smallest absolute Gasteiger partial charge is 0.263 e. The molecule has 182 valence electrons. The number of piperidine rings is 1. The van der Waals surface area contributed by atoms with Gasteiger partial charge in [-0.3, -0.25) is 14.6 Å². The van der Waals surface area contributed by atoms with E-state index in [1.54, 1.807) is 17.5 Å². The van der Waals surface area contributed by atoms with Gasteiger partial charge in [0.1, 0.15) is 5.75 Å². The number of aromatic nitrogens is 1. The van der Waals surface area contributed by atoms with Crippen molar-refractivity contribution >= 4 is 45.0 Å². The highest BCUT2D eigenvalue weighted by atomic mass is 35.5. The minimum absolute atomic E-state index is 0.0748. The van der Waals surface area contributed by atoms with Gasteiger partial charge < -0.3 is 14.5 Å². The van der Waals surface area contributed by atoms with E-state index in [4.69, 9.17) is 16.3 Å². The highest BCUT2D eigenvalue weighted by molar-refractivity contribution is 7.19. The number of pyridine rings is 1. The van der Waals surface area contributed by atoms with Crippen LogP contribution < -0.4 is 4.74 Å². The van der Waals surface area contributed by atoms with E-state index in [1.807, 2.05) is 34.9 Å². The van der Waals surface area contributed by atoms with Crippen molar-refractivity contribution in [3.8, 4) is 16.9 Å². The summed E-state index contributed by atoms with van der Waals surface area (Å²) in [6.45, 7) is 5.03.